The maximum atomic E-state index is 5.90. The van der Waals surface area contributed by atoms with Gasteiger partial charge in [-0.15, -0.1) is 0 Å². The molecule has 1 unspecified atom stereocenters. The van der Waals surface area contributed by atoms with Crippen LogP contribution < -0.4 is 5.73 Å². The van der Waals surface area contributed by atoms with Crippen LogP contribution in [-0.4, -0.2) is 10.2 Å². The average molecular weight is 217 g/mol. The standard InChI is InChI=1S/C13H19N3/c1-8(14)9-5-6-11-10(7-9)12(16-15-11)13(2,3)4/h5-8H,14H2,1-4H3,(H,15,16). The Balaban J connectivity index is 2.65. The third-order valence-corrected chi connectivity index (χ3v) is 2.85. The van der Waals surface area contributed by atoms with Gasteiger partial charge in [0.15, 0.2) is 0 Å². The quantitative estimate of drug-likeness (QED) is 0.771. The summed E-state index contributed by atoms with van der Waals surface area (Å²) in [6.07, 6.45) is 0. The van der Waals surface area contributed by atoms with Crippen LogP contribution in [0, 0.1) is 0 Å². The van der Waals surface area contributed by atoms with Crippen LogP contribution in [0.15, 0.2) is 18.2 Å². The number of aromatic nitrogens is 2. The van der Waals surface area contributed by atoms with Crippen LogP contribution in [0.2, 0.25) is 0 Å². The highest BCUT2D eigenvalue weighted by Crippen LogP contribution is 2.29. The monoisotopic (exact) mass is 217 g/mol. The maximum Gasteiger partial charge on any atom is 0.0924 e. The summed E-state index contributed by atoms with van der Waals surface area (Å²) in [6, 6.07) is 6.27. The Kier molecular flexibility index (Phi) is 2.50. The Hall–Kier alpha value is -1.35. The van der Waals surface area contributed by atoms with Crippen LogP contribution in [0.25, 0.3) is 10.9 Å². The molecule has 0 amide bonds. The summed E-state index contributed by atoms with van der Waals surface area (Å²) in [6.45, 7) is 8.54. The van der Waals surface area contributed by atoms with Crippen LogP contribution in [0.3, 0.4) is 0 Å². The second-order valence-electron chi connectivity index (χ2n) is 5.41. The van der Waals surface area contributed by atoms with Gasteiger partial charge in [0.05, 0.1) is 5.52 Å². The van der Waals surface area contributed by atoms with Crippen LogP contribution in [0.1, 0.15) is 45.0 Å². The predicted octanol–water partition coefficient (Wildman–Crippen LogP) is 2.88. The molecule has 1 atom stereocenters. The number of H-pyrrole nitrogens is 1. The molecule has 86 valence electrons. The number of nitrogens with zero attached hydrogens (tertiary/aromatic N) is 1. The fourth-order valence-corrected chi connectivity index (χ4v) is 1.88. The molecule has 0 spiro atoms. The molecule has 3 N–H and O–H groups in total. The van der Waals surface area contributed by atoms with Crippen LogP contribution in [-0.2, 0) is 5.41 Å². The molecule has 1 aromatic carbocycles. The Bertz CT molecular complexity index is 503. The lowest BCUT2D eigenvalue weighted by molar-refractivity contribution is 0.571. The number of hydrogen-bond acceptors (Lipinski definition) is 2. The van der Waals surface area contributed by atoms with Gasteiger partial charge in [-0.3, -0.25) is 5.10 Å². The minimum Gasteiger partial charge on any atom is -0.324 e. The minimum absolute atomic E-state index is 0.0621. The van der Waals surface area contributed by atoms with Crippen LogP contribution >= 0.6 is 0 Å². The van der Waals surface area contributed by atoms with Gasteiger partial charge in [-0.25, -0.2) is 0 Å². The Labute approximate surface area is 96.0 Å². The second-order valence-corrected chi connectivity index (χ2v) is 5.41. The third-order valence-electron chi connectivity index (χ3n) is 2.85. The summed E-state index contributed by atoms with van der Waals surface area (Å²) in [5.74, 6) is 0. The molecule has 2 rings (SSSR count). The van der Waals surface area contributed by atoms with E-state index in [1.165, 1.54) is 11.1 Å². The maximum absolute atomic E-state index is 5.90. The smallest absolute Gasteiger partial charge is 0.0924 e. The zero-order valence-electron chi connectivity index (χ0n) is 10.3. The molecule has 0 aliphatic carbocycles. The van der Waals surface area contributed by atoms with Crippen molar-refractivity contribution in [3.63, 3.8) is 0 Å². The summed E-state index contributed by atoms with van der Waals surface area (Å²) < 4.78 is 0. The van der Waals surface area contributed by atoms with Crippen molar-refractivity contribution in [2.45, 2.75) is 39.2 Å². The van der Waals surface area contributed by atoms with Crippen molar-refractivity contribution in [1.82, 2.24) is 10.2 Å². The molecule has 16 heavy (non-hydrogen) atoms. The first-order valence-corrected chi connectivity index (χ1v) is 5.63. The molecule has 3 heteroatoms. The van der Waals surface area contributed by atoms with Crippen molar-refractivity contribution in [3.05, 3.63) is 29.5 Å². The minimum atomic E-state index is 0.0621. The molecule has 1 heterocycles. The molecule has 2 aromatic rings. The van der Waals surface area contributed by atoms with E-state index >= 15 is 0 Å². The molecule has 0 fully saturated rings. The zero-order chi connectivity index (χ0) is 11.9. The van der Waals surface area contributed by atoms with Crippen molar-refractivity contribution >= 4 is 10.9 Å². The van der Waals surface area contributed by atoms with Gasteiger partial charge in [0.1, 0.15) is 0 Å². The van der Waals surface area contributed by atoms with Gasteiger partial charge in [-0.2, -0.15) is 5.10 Å². The van der Waals surface area contributed by atoms with Crippen LogP contribution in [0.4, 0.5) is 0 Å². The first-order chi connectivity index (χ1) is 7.39. The highest BCUT2D eigenvalue weighted by Gasteiger charge is 2.19. The molecule has 0 saturated carbocycles. The normalized spacial score (nSPS) is 14.3. The lowest BCUT2D eigenvalue weighted by Crippen LogP contribution is -2.12. The van der Waals surface area contributed by atoms with Gasteiger partial charge in [0, 0.05) is 22.5 Å². The number of nitrogens with two attached hydrogens (primary N) is 1. The summed E-state index contributed by atoms with van der Waals surface area (Å²) in [7, 11) is 0. The number of rotatable bonds is 1. The third kappa shape index (κ3) is 1.83. The summed E-state index contributed by atoms with van der Waals surface area (Å²) in [5, 5.41) is 8.63. The van der Waals surface area contributed by atoms with Crippen molar-refractivity contribution in [1.29, 1.82) is 0 Å². The summed E-state index contributed by atoms with van der Waals surface area (Å²) in [4.78, 5) is 0. The van der Waals surface area contributed by atoms with Gasteiger partial charge in [-0.05, 0) is 24.6 Å². The van der Waals surface area contributed by atoms with Crippen molar-refractivity contribution < 1.29 is 0 Å². The fourth-order valence-electron chi connectivity index (χ4n) is 1.88. The fraction of sp³-hybridized carbons (Fsp3) is 0.462. The van der Waals surface area contributed by atoms with E-state index < -0.39 is 0 Å². The van der Waals surface area contributed by atoms with E-state index in [-0.39, 0.29) is 11.5 Å². The van der Waals surface area contributed by atoms with E-state index in [0.717, 1.165) is 11.1 Å². The first-order valence-electron chi connectivity index (χ1n) is 5.63. The summed E-state index contributed by atoms with van der Waals surface area (Å²) in [5.41, 5.74) is 9.31. The average Bonchev–Trinajstić information content (AvgIpc) is 2.58. The number of fused-ring (bicyclic) bond motifs is 1. The SMILES string of the molecule is CC(N)c1ccc2n[nH]c(C(C)(C)C)c2c1. The molecule has 0 aliphatic heterocycles. The lowest BCUT2D eigenvalue weighted by Gasteiger charge is -2.17. The molecule has 1 aromatic heterocycles. The molecular formula is C13H19N3. The largest absolute Gasteiger partial charge is 0.324 e. The predicted molar refractivity (Wildman–Crippen MR) is 67.4 cm³/mol. The van der Waals surface area contributed by atoms with E-state index in [2.05, 4.69) is 37.0 Å². The molecule has 0 saturated heterocycles. The zero-order valence-corrected chi connectivity index (χ0v) is 10.3. The van der Waals surface area contributed by atoms with Gasteiger partial charge >= 0.3 is 0 Å². The van der Waals surface area contributed by atoms with E-state index in [4.69, 9.17) is 5.73 Å². The molecule has 0 aliphatic rings. The highest BCUT2D eigenvalue weighted by atomic mass is 15.1. The number of aromatic amines is 1. The van der Waals surface area contributed by atoms with E-state index in [1.54, 1.807) is 0 Å². The van der Waals surface area contributed by atoms with Gasteiger partial charge in [0.25, 0.3) is 0 Å². The van der Waals surface area contributed by atoms with Gasteiger partial charge < -0.3 is 5.73 Å². The molecule has 3 nitrogen and oxygen atoms in total. The van der Waals surface area contributed by atoms with E-state index in [0.29, 0.717) is 0 Å². The van der Waals surface area contributed by atoms with Gasteiger partial charge in [-0.1, -0.05) is 26.8 Å². The highest BCUT2D eigenvalue weighted by molar-refractivity contribution is 5.83. The van der Waals surface area contributed by atoms with Crippen LogP contribution in [0.5, 0.6) is 0 Å². The number of benzene rings is 1. The van der Waals surface area contributed by atoms with E-state index in [9.17, 15) is 0 Å². The second kappa shape index (κ2) is 3.59. The van der Waals surface area contributed by atoms with Crippen molar-refractivity contribution in [2.24, 2.45) is 5.73 Å². The molecule has 0 radical (unpaired) electrons. The topological polar surface area (TPSA) is 54.7 Å². The lowest BCUT2D eigenvalue weighted by atomic mass is 9.89. The summed E-state index contributed by atoms with van der Waals surface area (Å²) >= 11 is 0. The Morgan fingerprint density at radius 2 is 2.00 bits per heavy atom. The Morgan fingerprint density at radius 1 is 1.31 bits per heavy atom. The van der Waals surface area contributed by atoms with E-state index in [1.807, 2.05) is 19.1 Å². The molecular weight excluding hydrogens is 198 g/mol. The van der Waals surface area contributed by atoms with Crippen molar-refractivity contribution in [2.75, 3.05) is 0 Å². The molecule has 0 bridgehead atoms. The van der Waals surface area contributed by atoms with Gasteiger partial charge in [0.2, 0.25) is 0 Å². The van der Waals surface area contributed by atoms with Crippen molar-refractivity contribution in [3.8, 4) is 0 Å². The first kappa shape index (κ1) is 11.1. The Morgan fingerprint density at radius 3 is 2.56 bits per heavy atom. The number of nitrogens with one attached hydrogen (secondary N) is 1. The number of hydrogen-bond donors (Lipinski definition) is 2.